The molecule has 0 saturated heterocycles. The quantitative estimate of drug-likeness (QED) is 0.822. The highest BCUT2D eigenvalue weighted by atomic mass is 16.5. The Kier molecular flexibility index (Phi) is 4.05. The van der Waals surface area contributed by atoms with Gasteiger partial charge in [-0.2, -0.15) is 5.26 Å². The van der Waals surface area contributed by atoms with Crippen molar-refractivity contribution in [3.8, 4) is 17.6 Å². The highest BCUT2D eigenvalue weighted by Gasteiger charge is 2.17. The van der Waals surface area contributed by atoms with E-state index in [1.165, 1.54) is 5.56 Å². The first kappa shape index (κ1) is 14.1. The zero-order valence-corrected chi connectivity index (χ0v) is 12.1. The second kappa shape index (κ2) is 5.75. The molecule has 0 saturated carbocycles. The van der Waals surface area contributed by atoms with Crippen LogP contribution in [0, 0.1) is 11.3 Å². The number of hydrogen-bond acceptors (Lipinski definition) is 3. The predicted molar refractivity (Wildman–Crippen MR) is 78.8 cm³/mol. The summed E-state index contributed by atoms with van der Waals surface area (Å²) >= 11 is 0. The van der Waals surface area contributed by atoms with Gasteiger partial charge in [-0.1, -0.05) is 32.9 Å². The fourth-order valence-corrected chi connectivity index (χ4v) is 1.86. The van der Waals surface area contributed by atoms with Gasteiger partial charge in [0, 0.05) is 6.20 Å². The molecule has 0 aliphatic heterocycles. The van der Waals surface area contributed by atoms with Crippen LogP contribution in [-0.2, 0) is 5.41 Å². The first-order valence-electron chi connectivity index (χ1n) is 6.70. The Morgan fingerprint density at radius 2 is 1.90 bits per heavy atom. The molecule has 3 heteroatoms. The summed E-state index contributed by atoms with van der Waals surface area (Å²) in [5.74, 6) is 1.20. The highest BCUT2D eigenvalue weighted by molar-refractivity contribution is 5.41. The third-order valence-corrected chi connectivity index (χ3v) is 3.62. The van der Waals surface area contributed by atoms with Crippen molar-refractivity contribution in [2.24, 2.45) is 0 Å². The molecule has 3 nitrogen and oxygen atoms in total. The van der Waals surface area contributed by atoms with Crippen LogP contribution in [0.1, 0.15) is 38.4 Å². The van der Waals surface area contributed by atoms with Crippen molar-refractivity contribution >= 4 is 0 Å². The number of pyridine rings is 1. The number of rotatable bonds is 4. The summed E-state index contributed by atoms with van der Waals surface area (Å²) in [6, 6.07) is 13.5. The molecule has 0 aliphatic carbocycles. The van der Waals surface area contributed by atoms with Crippen LogP contribution in [0.2, 0.25) is 0 Å². The molecule has 1 heterocycles. The van der Waals surface area contributed by atoms with Crippen LogP contribution in [0.4, 0.5) is 0 Å². The lowest BCUT2D eigenvalue weighted by Gasteiger charge is -2.23. The third-order valence-electron chi connectivity index (χ3n) is 3.62. The Bertz CT molecular complexity index is 624. The van der Waals surface area contributed by atoms with Gasteiger partial charge in [-0.3, -0.25) is 0 Å². The van der Waals surface area contributed by atoms with E-state index in [4.69, 9.17) is 10.00 Å². The van der Waals surface area contributed by atoms with Gasteiger partial charge in [0.1, 0.15) is 11.8 Å². The molecule has 0 spiro atoms. The van der Waals surface area contributed by atoms with Crippen LogP contribution in [0.15, 0.2) is 42.6 Å². The maximum atomic E-state index is 8.99. The van der Waals surface area contributed by atoms with Crippen LogP contribution >= 0.6 is 0 Å². The summed E-state index contributed by atoms with van der Waals surface area (Å²) in [4.78, 5) is 3.98. The largest absolute Gasteiger partial charge is 0.454 e. The summed E-state index contributed by atoms with van der Waals surface area (Å²) in [6.07, 6.45) is 2.66. The molecular weight excluding hydrogens is 248 g/mol. The van der Waals surface area contributed by atoms with Crippen molar-refractivity contribution in [1.82, 2.24) is 4.98 Å². The summed E-state index contributed by atoms with van der Waals surface area (Å²) in [7, 11) is 0. The molecular formula is C17H18N2O. The fourth-order valence-electron chi connectivity index (χ4n) is 1.86. The van der Waals surface area contributed by atoms with Crippen LogP contribution in [0.25, 0.3) is 0 Å². The van der Waals surface area contributed by atoms with Gasteiger partial charge < -0.3 is 4.74 Å². The second-order valence-electron chi connectivity index (χ2n) is 5.33. The van der Waals surface area contributed by atoms with Crippen molar-refractivity contribution in [3.05, 3.63) is 53.9 Å². The van der Waals surface area contributed by atoms with Gasteiger partial charge in [0.2, 0.25) is 0 Å². The highest BCUT2D eigenvalue weighted by Crippen LogP contribution is 2.30. The first-order chi connectivity index (χ1) is 9.56. The number of nitrogens with zero attached hydrogens (tertiary/aromatic N) is 2. The number of aromatic nitrogens is 1. The van der Waals surface area contributed by atoms with E-state index in [9.17, 15) is 0 Å². The van der Waals surface area contributed by atoms with Crippen molar-refractivity contribution in [2.45, 2.75) is 32.6 Å². The summed E-state index contributed by atoms with van der Waals surface area (Å²) < 4.78 is 5.72. The van der Waals surface area contributed by atoms with E-state index in [1.807, 2.05) is 18.2 Å². The Morgan fingerprint density at radius 3 is 2.50 bits per heavy atom. The monoisotopic (exact) mass is 266 g/mol. The third kappa shape index (κ3) is 2.97. The summed E-state index contributed by atoms with van der Waals surface area (Å²) in [5, 5.41) is 8.99. The van der Waals surface area contributed by atoms with E-state index in [0.717, 1.165) is 6.42 Å². The van der Waals surface area contributed by atoms with Gasteiger partial charge >= 0.3 is 0 Å². The SMILES string of the molecule is CCC(C)(C)c1ccc(Oc2cccnc2C#N)cc1. The molecule has 0 radical (unpaired) electrons. The molecule has 102 valence electrons. The lowest BCUT2D eigenvalue weighted by molar-refractivity contribution is 0.474. The number of benzene rings is 1. The van der Waals surface area contributed by atoms with E-state index in [0.29, 0.717) is 17.2 Å². The van der Waals surface area contributed by atoms with Gasteiger partial charge in [0.15, 0.2) is 11.4 Å². The lowest BCUT2D eigenvalue weighted by Crippen LogP contribution is -2.14. The molecule has 20 heavy (non-hydrogen) atoms. The Morgan fingerprint density at radius 1 is 1.20 bits per heavy atom. The number of nitriles is 1. The van der Waals surface area contributed by atoms with E-state index in [-0.39, 0.29) is 5.41 Å². The maximum absolute atomic E-state index is 8.99. The van der Waals surface area contributed by atoms with Crippen LogP contribution in [0.3, 0.4) is 0 Å². The fraction of sp³-hybridized carbons (Fsp3) is 0.294. The first-order valence-corrected chi connectivity index (χ1v) is 6.70. The Balaban J connectivity index is 2.22. The lowest BCUT2D eigenvalue weighted by atomic mass is 9.82. The van der Waals surface area contributed by atoms with Gasteiger partial charge in [0.05, 0.1) is 0 Å². The van der Waals surface area contributed by atoms with E-state index < -0.39 is 0 Å². The number of ether oxygens (including phenoxy) is 1. The molecule has 0 unspecified atom stereocenters. The second-order valence-corrected chi connectivity index (χ2v) is 5.33. The summed E-state index contributed by atoms with van der Waals surface area (Å²) in [5.41, 5.74) is 1.73. The van der Waals surface area contributed by atoms with E-state index in [1.54, 1.807) is 18.3 Å². The maximum Gasteiger partial charge on any atom is 0.183 e. The molecule has 0 atom stereocenters. The average molecular weight is 266 g/mol. The van der Waals surface area contributed by atoms with Gasteiger partial charge in [-0.25, -0.2) is 4.98 Å². The number of hydrogen-bond donors (Lipinski definition) is 0. The van der Waals surface area contributed by atoms with Crippen molar-refractivity contribution in [1.29, 1.82) is 5.26 Å². The molecule has 0 fully saturated rings. The minimum Gasteiger partial charge on any atom is -0.454 e. The smallest absolute Gasteiger partial charge is 0.183 e. The zero-order chi connectivity index (χ0) is 14.6. The topological polar surface area (TPSA) is 45.9 Å². The van der Waals surface area contributed by atoms with E-state index in [2.05, 4.69) is 37.9 Å². The minimum atomic E-state index is 0.157. The Hall–Kier alpha value is -2.34. The average Bonchev–Trinajstić information content (AvgIpc) is 2.48. The van der Waals surface area contributed by atoms with Gasteiger partial charge in [-0.05, 0) is 41.7 Å². The summed E-state index contributed by atoms with van der Waals surface area (Å²) in [6.45, 7) is 6.62. The zero-order valence-electron chi connectivity index (χ0n) is 12.1. The van der Waals surface area contributed by atoms with Crippen molar-refractivity contribution in [3.63, 3.8) is 0 Å². The molecule has 1 aromatic carbocycles. The molecule has 1 aromatic heterocycles. The molecule has 2 rings (SSSR count). The van der Waals surface area contributed by atoms with Crippen LogP contribution in [-0.4, -0.2) is 4.98 Å². The van der Waals surface area contributed by atoms with Gasteiger partial charge in [0.25, 0.3) is 0 Å². The normalized spacial score (nSPS) is 10.9. The minimum absolute atomic E-state index is 0.157. The standard InChI is InChI=1S/C17H18N2O/c1-4-17(2,3)13-7-9-14(10-8-13)20-16-6-5-11-19-15(16)12-18/h5-11H,4H2,1-3H3. The van der Waals surface area contributed by atoms with E-state index >= 15 is 0 Å². The molecule has 0 aliphatic rings. The molecule has 0 amide bonds. The van der Waals surface area contributed by atoms with Crippen molar-refractivity contribution < 1.29 is 4.74 Å². The molecule has 0 bridgehead atoms. The van der Waals surface area contributed by atoms with Crippen LogP contribution in [0.5, 0.6) is 11.5 Å². The molecule has 0 N–H and O–H groups in total. The van der Waals surface area contributed by atoms with Crippen LogP contribution < -0.4 is 4.74 Å². The van der Waals surface area contributed by atoms with Crippen molar-refractivity contribution in [2.75, 3.05) is 0 Å². The molecule has 2 aromatic rings. The predicted octanol–water partition coefficient (Wildman–Crippen LogP) is 4.43. The Labute approximate surface area is 119 Å². The van der Waals surface area contributed by atoms with Gasteiger partial charge in [-0.15, -0.1) is 0 Å².